The molecule has 0 bridgehead atoms. The van der Waals surface area contributed by atoms with Gasteiger partial charge in [-0.2, -0.15) is 0 Å². The van der Waals surface area contributed by atoms with Gasteiger partial charge in [0.15, 0.2) is 0 Å². The van der Waals surface area contributed by atoms with Gasteiger partial charge in [0.2, 0.25) is 5.91 Å². The van der Waals surface area contributed by atoms with Gasteiger partial charge in [0.1, 0.15) is 18.9 Å². The van der Waals surface area contributed by atoms with Crippen LogP contribution in [-0.4, -0.2) is 47.9 Å². The minimum Gasteiger partial charge on any atom is -0.491 e. The van der Waals surface area contributed by atoms with Crippen molar-refractivity contribution in [3.63, 3.8) is 0 Å². The van der Waals surface area contributed by atoms with Crippen molar-refractivity contribution in [1.29, 1.82) is 0 Å². The first-order valence-corrected chi connectivity index (χ1v) is 13.2. The van der Waals surface area contributed by atoms with Gasteiger partial charge in [-0.15, -0.1) is 22.7 Å². The van der Waals surface area contributed by atoms with Crippen LogP contribution in [0.3, 0.4) is 0 Å². The SMILES string of the molecule is CCCN(CC(=O)N1CCc2sccc2[C@H]1COc1ccc(Cl)c(C)c1)C(=O)c1cccs1. The summed E-state index contributed by atoms with van der Waals surface area (Å²) in [5.74, 6) is 0.594. The number of hydrogen-bond acceptors (Lipinski definition) is 5. The zero-order chi connectivity index (χ0) is 23.4. The molecule has 0 saturated carbocycles. The number of thiophene rings is 2. The fourth-order valence-corrected chi connectivity index (χ4v) is 5.83. The van der Waals surface area contributed by atoms with Crippen molar-refractivity contribution in [2.45, 2.75) is 32.7 Å². The first-order chi connectivity index (χ1) is 16.0. The standard InChI is InChI=1S/C25H27ClN2O3S2/c1-3-10-27(25(30)23-5-4-12-32-23)15-24(29)28-11-8-22-19(9-13-33-22)21(28)16-31-18-6-7-20(26)17(2)14-18/h4-7,9,12-14,21H,3,8,10-11,15-16H2,1-2H3/t21-/m1/s1. The second kappa shape index (κ2) is 10.7. The molecule has 0 fully saturated rings. The van der Waals surface area contributed by atoms with E-state index in [1.165, 1.54) is 16.2 Å². The van der Waals surface area contributed by atoms with Crippen LogP contribution in [0.2, 0.25) is 5.02 Å². The summed E-state index contributed by atoms with van der Waals surface area (Å²) >= 11 is 9.27. The van der Waals surface area contributed by atoms with E-state index in [-0.39, 0.29) is 24.4 Å². The molecule has 33 heavy (non-hydrogen) atoms. The van der Waals surface area contributed by atoms with Gasteiger partial charge in [-0.1, -0.05) is 24.6 Å². The summed E-state index contributed by atoms with van der Waals surface area (Å²) in [5.41, 5.74) is 2.08. The number of aryl methyl sites for hydroxylation is 1. The van der Waals surface area contributed by atoms with Crippen LogP contribution in [-0.2, 0) is 11.2 Å². The molecule has 0 N–H and O–H groups in total. The highest BCUT2D eigenvalue weighted by atomic mass is 35.5. The number of amides is 2. The van der Waals surface area contributed by atoms with E-state index in [4.69, 9.17) is 16.3 Å². The smallest absolute Gasteiger partial charge is 0.264 e. The monoisotopic (exact) mass is 502 g/mol. The highest BCUT2D eigenvalue weighted by Gasteiger charge is 2.33. The Hall–Kier alpha value is -2.35. The van der Waals surface area contributed by atoms with Crippen LogP contribution in [0.15, 0.2) is 47.2 Å². The van der Waals surface area contributed by atoms with E-state index in [2.05, 4.69) is 11.4 Å². The van der Waals surface area contributed by atoms with Crippen molar-refractivity contribution in [2.75, 3.05) is 26.2 Å². The Kier molecular flexibility index (Phi) is 7.73. The van der Waals surface area contributed by atoms with Gasteiger partial charge in [-0.05, 0) is 72.0 Å². The van der Waals surface area contributed by atoms with Crippen molar-refractivity contribution in [3.8, 4) is 5.75 Å². The number of fused-ring (bicyclic) bond motifs is 1. The molecule has 3 aromatic rings. The zero-order valence-electron chi connectivity index (χ0n) is 18.8. The van der Waals surface area contributed by atoms with Crippen LogP contribution < -0.4 is 4.74 Å². The maximum Gasteiger partial charge on any atom is 0.264 e. The van der Waals surface area contributed by atoms with Gasteiger partial charge in [-0.3, -0.25) is 9.59 Å². The highest BCUT2D eigenvalue weighted by Crippen LogP contribution is 2.34. The molecule has 174 valence electrons. The van der Waals surface area contributed by atoms with Crippen LogP contribution in [0.1, 0.15) is 45.1 Å². The Balaban J connectivity index is 1.51. The number of nitrogens with zero attached hydrogens (tertiary/aromatic N) is 2. The lowest BCUT2D eigenvalue weighted by molar-refractivity contribution is -0.135. The normalized spacial score (nSPS) is 15.2. The maximum atomic E-state index is 13.5. The van der Waals surface area contributed by atoms with Crippen LogP contribution in [0.4, 0.5) is 0 Å². The van der Waals surface area contributed by atoms with E-state index in [0.29, 0.717) is 29.6 Å². The molecule has 5 nitrogen and oxygen atoms in total. The summed E-state index contributed by atoms with van der Waals surface area (Å²) in [4.78, 5) is 31.9. The Bertz CT molecular complexity index is 1110. The molecule has 0 saturated heterocycles. The summed E-state index contributed by atoms with van der Waals surface area (Å²) in [6.45, 7) is 5.54. The van der Waals surface area contributed by atoms with E-state index in [1.54, 1.807) is 16.2 Å². The predicted octanol–water partition coefficient (Wildman–Crippen LogP) is 5.83. The van der Waals surface area contributed by atoms with Gasteiger partial charge >= 0.3 is 0 Å². The lowest BCUT2D eigenvalue weighted by atomic mass is 10.0. The summed E-state index contributed by atoms with van der Waals surface area (Å²) < 4.78 is 6.12. The Morgan fingerprint density at radius 1 is 1.21 bits per heavy atom. The highest BCUT2D eigenvalue weighted by molar-refractivity contribution is 7.12. The van der Waals surface area contributed by atoms with Crippen molar-refractivity contribution in [1.82, 2.24) is 9.80 Å². The van der Waals surface area contributed by atoms with Crippen LogP contribution in [0, 0.1) is 6.92 Å². The quantitative estimate of drug-likeness (QED) is 0.389. The molecular formula is C25H27ClN2O3S2. The van der Waals surface area contributed by atoms with Crippen molar-refractivity contribution >= 4 is 46.1 Å². The minimum absolute atomic E-state index is 0.0499. The van der Waals surface area contributed by atoms with Crippen molar-refractivity contribution in [2.24, 2.45) is 0 Å². The van der Waals surface area contributed by atoms with Crippen LogP contribution in [0.25, 0.3) is 0 Å². The second-order valence-electron chi connectivity index (χ2n) is 8.08. The Morgan fingerprint density at radius 3 is 2.79 bits per heavy atom. The minimum atomic E-state index is -0.191. The molecule has 0 radical (unpaired) electrons. The van der Waals surface area contributed by atoms with Gasteiger partial charge in [-0.25, -0.2) is 0 Å². The third kappa shape index (κ3) is 5.42. The number of ether oxygens (including phenoxy) is 1. The average Bonchev–Trinajstić information content (AvgIpc) is 3.51. The largest absolute Gasteiger partial charge is 0.491 e. The molecule has 8 heteroatoms. The van der Waals surface area contributed by atoms with E-state index in [1.807, 2.05) is 54.5 Å². The summed E-state index contributed by atoms with van der Waals surface area (Å²) in [7, 11) is 0. The molecule has 0 unspecified atom stereocenters. The third-order valence-electron chi connectivity index (χ3n) is 5.79. The average molecular weight is 503 g/mol. The first kappa shape index (κ1) is 23.8. The van der Waals surface area contributed by atoms with Crippen molar-refractivity contribution in [3.05, 3.63) is 73.1 Å². The second-order valence-corrected chi connectivity index (χ2v) is 10.4. The number of hydrogen-bond donors (Lipinski definition) is 0. The summed E-state index contributed by atoms with van der Waals surface area (Å²) in [6.07, 6.45) is 1.61. The lowest BCUT2D eigenvalue weighted by Gasteiger charge is -2.37. The summed E-state index contributed by atoms with van der Waals surface area (Å²) in [6, 6.07) is 11.1. The topological polar surface area (TPSA) is 49.9 Å². The zero-order valence-corrected chi connectivity index (χ0v) is 21.1. The molecule has 0 aliphatic carbocycles. The Morgan fingerprint density at radius 2 is 2.06 bits per heavy atom. The van der Waals surface area contributed by atoms with Gasteiger partial charge < -0.3 is 14.5 Å². The number of rotatable bonds is 8. The Labute approximate surface area is 207 Å². The molecule has 1 aliphatic heterocycles. The van der Waals surface area contributed by atoms with Crippen LogP contribution in [0.5, 0.6) is 5.75 Å². The molecule has 2 amide bonds. The number of halogens is 1. The molecule has 1 aliphatic rings. The van der Waals surface area contributed by atoms with Crippen molar-refractivity contribution < 1.29 is 14.3 Å². The number of benzene rings is 1. The van der Waals surface area contributed by atoms with E-state index >= 15 is 0 Å². The molecular weight excluding hydrogens is 476 g/mol. The van der Waals surface area contributed by atoms with Crippen LogP contribution >= 0.6 is 34.3 Å². The van der Waals surface area contributed by atoms with E-state index in [9.17, 15) is 9.59 Å². The fourth-order valence-electron chi connectivity index (χ4n) is 4.09. The molecule has 3 heterocycles. The van der Waals surface area contributed by atoms with Gasteiger partial charge in [0.25, 0.3) is 5.91 Å². The maximum absolute atomic E-state index is 13.5. The lowest BCUT2D eigenvalue weighted by Crippen LogP contribution is -2.48. The molecule has 2 aromatic heterocycles. The van der Waals surface area contributed by atoms with E-state index in [0.717, 1.165) is 29.7 Å². The number of carbonyl (C=O) groups excluding carboxylic acids is 2. The molecule has 0 spiro atoms. The predicted molar refractivity (Wildman–Crippen MR) is 135 cm³/mol. The van der Waals surface area contributed by atoms with Gasteiger partial charge in [0, 0.05) is 23.0 Å². The molecule has 1 aromatic carbocycles. The molecule has 4 rings (SSSR count). The molecule has 1 atom stereocenters. The first-order valence-electron chi connectivity index (χ1n) is 11.1. The van der Waals surface area contributed by atoms with Gasteiger partial charge in [0.05, 0.1) is 10.9 Å². The van der Waals surface area contributed by atoms with E-state index < -0.39 is 0 Å². The third-order valence-corrected chi connectivity index (χ3v) is 8.07. The fraction of sp³-hybridized carbons (Fsp3) is 0.360. The number of carbonyl (C=O) groups is 2. The summed E-state index contributed by atoms with van der Waals surface area (Å²) in [5, 5.41) is 4.65.